The van der Waals surface area contributed by atoms with E-state index >= 15 is 0 Å². The summed E-state index contributed by atoms with van der Waals surface area (Å²) < 4.78 is 39.4. The number of hydrogen-bond donors (Lipinski definition) is 1. The molecule has 4 rings (SSSR count). The summed E-state index contributed by atoms with van der Waals surface area (Å²) in [6.07, 6.45) is 1.52. The summed E-state index contributed by atoms with van der Waals surface area (Å²) >= 11 is 9.00. The standard InChI is InChI=1S/C27H20ClF2IN2O5S/c1-2-37-22-10-15(9-20(31)25(22)38-14-16-5-3-4-6-18(16)28)11-23-26(35)33(27(36)39-23)13-24(34)32-21-8-7-17(29)12-19(21)30/h3-12H,2,13-14H2,1H3,(H,32,34)/b23-11+. The maximum atomic E-state index is 13.8. The van der Waals surface area contributed by atoms with Crippen LogP contribution in [0.25, 0.3) is 6.08 Å². The van der Waals surface area contributed by atoms with Gasteiger partial charge in [-0.25, -0.2) is 8.78 Å². The Morgan fingerprint density at radius 3 is 2.62 bits per heavy atom. The lowest BCUT2D eigenvalue weighted by Crippen LogP contribution is -2.36. The van der Waals surface area contributed by atoms with Crippen molar-refractivity contribution in [2.24, 2.45) is 0 Å². The van der Waals surface area contributed by atoms with Crippen molar-refractivity contribution in [1.29, 1.82) is 0 Å². The highest BCUT2D eigenvalue weighted by molar-refractivity contribution is 14.1. The first-order valence-electron chi connectivity index (χ1n) is 11.5. The second-order valence-corrected chi connectivity index (χ2v) is 10.6. The topological polar surface area (TPSA) is 84.9 Å². The number of carbonyl (C=O) groups excluding carboxylic acids is 3. The molecule has 0 aromatic heterocycles. The summed E-state index contributed by atoms with van der Waals surface area (Å²) in [5.41, 5.74) is 1.12. The molecule has 0 spiro atoms. The van der Waals surface area contributed by atoms with E-state index in [1.165, 1.54) is 6.08 Å². The molecule has 0 bridgehead atoms. The van der Waals surface area contributed by atoms with Gasteiger partial charge in [-0.3, -0.25) is 19.3 Å². The number of rotatable bonds is 9. The highest BCUT2D eigenvalue weighted by Gasteiger charge is 2.36. The Morgan fingerprint density at radius 2 is 1.90 bits per heavy atom. The smallest absolute Gasteiger partial charge is 0.294 e. The van der Waals surface area contributed by atoms with Gasteiger partial charge in [0.15, 0.2) is 11.5 Å². The molecule has 0 radical (unpaired) electrons. The molecule has 1 N–H and O–H groups in total. The second-order valence-electron chi connectivity index (χ2n) is 8.08. The van der Waals surface area contributed by atoms with E-state index in [4.69, 9.17) is 21.1 Å². The van der Waals surface area contributed by atoms with E-state index in [2.05, 4.69) is 27.9 Å². The number of carbonyl (C=O) groups is 3. The average Bonchev–Trinajstić information content (AvgIpc) is 3.13. The Bertz CT molecular complexity index is 1490. The third-order valence-corrected chi connectivity index (χ3v) is 7.42. The minimum atomic E-state index is -0.976. The van der Waals surface area contributed by atoms with Crippen molar-refractivity contribution in [3.8, 4) is 11.5 Å². The van der Waals surface area contributed by atoms with E-state index in [1.807, 2.05) is 25.1 Å². The number of nitrogens with one attached hydrogen (secondary N) is 1. The summed E-state index contributed by atoms with van der Waals surface area (Å²) in [5.74, 6) is -2.31. The Kier molecular flexibility index (Phi) is 9.46. The molecule has 3 amide bonds. The minimum Gasteiger partial charge on any atom is -0.490 e. The molecule has 0 aliphatic carbocycles. The van der Waals surface area contributed by atoms with Crippen LogP contribution < -0.4 is 14.8 Å². The van der Waals surface area contributed by atoms with Gasteiger partial charge in [-0.15, -0.1) is 0 Å². The second kappa shape index (κ2) is 12.8. The van der Waals surface area contributed by atoms with E-state index in [9.17, 15) is 23.2 Å². The Labute approximate surface area is 245 Å². The number of hydrogen-bond acceptors (Lipinski definition) is 6. The predicted molar refractivity (Wildman–Crippen MR) is 154 cm³/mol. The molecule has 3 aromatic rings. The number of anilines is 1. The van der Waals surface area contributed by atoms with Crippen LogP contribution in [0.4, 0.5) is 19.3 Å². The normalized spacial score (nSPS) is 14.2. The first kappa shape index (κ1) is 28.8. The van der Waals surface area contributed by atoms with Gasteiger partial charge in [-0.2, -0.15) is 0 Å². The fourth-order valence-corrected chi connectivity index (χ4v) is 5.36. The van der Waals surface area contributed by atoms with Crippen molar-refractivity contribution < 1.29 is 32.6 Å². The molecule has 0 saturated carbocycles. The van der Waals surface area contributed by atoms with Crippen LogP contribution in [-0.4, -0.2) is 35.1 Å². The molecular formula is C27H20ClF2IN2O5S. The average molecular weight is 685 g/mol. The lowest BCUT2D eigenvalue weighted by molar-refractivity contribution is -0.127. The fraction of sp³-hybridized carbons (Fsp3) is 0.148. The zero-order chi connectivity index (χ0) is 28.1. The molecule has 1 saturated heterocycles. The molecule has 7 nitrogen and oxygen atoms in total. The third kappa shape index (κ3) is 7.08. The number of halogens is 4. The van der Waals surface area contributed by atoms with Crippen molar-refractivity contribution in [3.05, 3.63) is 90.9 Å². The van der Waals surface area contributed by atoms with E-state index < -0.39 is 35.2 Å². The van der Waals surface area contributed by atoms with Crippen molar-refractivity contribution in [2.45, 2.75) is 13.5 Å². The molecule has 0 unspecified atom stereocenters. The van der Waals surface area contributed by atoms with Gasteiger partial charge >= 0.3 is 0 Å². The number of benzene rings is 3. The van der Waals surface area contributed by atoms with E-state index in [-0.39, 0.29) is 17.2 Å². The summed E-state index contributed by atoms with van der Waals surface area (Å²) in [7, 11) is 0. The summed E-state index contributed by atoms with van der Waals surface area (Å²) in [6.45, 7) is 1.78. The van der Waals surface area contributed by atoms with Crippen LogP contribution in [0.3, 0.4) is 0 Å². The van der Waals surface area contributed by atoms with Crippen molar-refractivity contribution in [1.82, 2.24) is 4.90 Å². The monoisotopic (exact) mass is 684 g/mol. The zero-order valence-corrected chi connectivity index (χ0v) is 24.0. The summed E-state index contributed by atoms with van der Waals surface area (Å²) in [5, 5.41) is 2.16. The van der Waals surface area contributed by atoms with E-state index in [0.29, 0.717) is 50.1 Å². The quantitative estimate of drug-likeness (QED) is 0.196. The molecule has 202 valence electrons. The van der Waals surface area contributed by atoms with Gasteiger partial charge in [-0.1, -0.05) is 29.8 Å². The molecular weight excluding hydrogens is 665 g/mol. The lowest BCUT2D eigenvalue weighted by Gasteiger charge is -2.15. The number of amides is 3. The van der Waals surface area contributed by atoms with Gasteiger partial charge in [-0.05, 0) is 83.2 Å². The molecule has 1 heterocycles. The third-order valence-electron chi connectivity index (χ3n) is 5.34. The molecule has 3 aromatic carbocycles. The summed E-state index contributed by atoms with van der Waals surface area (Å²) in [4.78, 5) is 38.6. The van der Waals surface area contributed by atoms with Crippen LogP contribution >= 0.6 is 46.0 Å². The van der Waals surface area contributed by atoms with Crippen molar-refractivity contribution >= 4 is 74.8 Å². The van der Waals surface area contributed by atoms with Crippen LogP contribution in [0.15, 0.2) is 59.5 Å². The van der Waals surface area contributed by atoms with E-state index in [0.717, 1.165) is 22.6 Å². The molecule has 1 aliphatic heterocycles. The van der Waals surface area contributed by atoms with Crippen LogP contribution in [0.2, 0.25) is 5.02 Å². The maximum absolute atomic E-state index is 13.8. The molecule has 1 fully saturated rings. The zero-order valence-electron chi connectivity index (χ0n) is 20.3. The van der Waals surface area contributed by atoms with Crippen LogP contribution in [-0.2, 0) is 16.2 Å². The van der Waals surface area contributed by atoms with Crippen LogP contribution in [0.5, 0.6) is 11.5 Å². The molecule has 12 heteroatoms. The first-order chi connectivity index (χ1) is 18.7. The van der Waals surface area contributed by atoms with Gasteiger partial charge in [0.2, 0.25) is 5.91 Å². The van der Waals surface area contributed by atoms with E-state index in [1.54, 1.807) is 18.2 Å². The van der Waals surface area contributed by atoms with Gasteiger partial charge in [0, 0.05) is 16.7 Å². The number of imide groups is 1. The summed E-state index contributed by atoms with van der Waals surface area (Å²) in [6, 6.07) is 13.4. The fourth-order valence-electron chi connectivity index (χ4n) is 3.55. The molecule has 39 heavy (non-hydrogen) atoms. The lowest BCUT2D eigenvalue weighted by atomic mass is 10.1. The Morgan fingerprint density at radius 1 is 1.13 bits per heavy atom. The highest BCUT2D eigenvalue weighted by atomic mass is 127. The van der Waals surface area contributed by atoms with Crippen LogP contribution in [0, 0.1) is 15.2 Å². The number of ether oxygens (including phenoxy) is 2. The number of nitrogens with zero attached hydrogens (tertiary/aromatic N) is 1. The predicted octanol–water partition coefficient (Wildman–Crippen LogP) is 6.88. The molecule has 0 atom stereocenters. The van der Waals surface area contributed by atoms with Crippen molar-refractivity contribution in [2.75, 3.05) is 18.5 Å². The van der Waals surface area contributed by atoms with Crippen molar-refractivity contribution in [3.63, 3.8) is 0 Å². The Balaban J connectivity index is 1.50. The van der Waals surface area contributed by atoms with Gasteiger partial charge < -0.3 is 14.8 Å². The highest BCUT2D eigenvalue weighted by Crippen LogP contribution is 2.38. The van der Waals surface area contributed by atoms with Gasteiger partial charge in [0.25, 0.3) is 11.1 Å². The van der Waals surface area contributed by atoms with Gasteiger partial charge in [0.1, 0.15) is 24.8 Å². The largest absolute Gasteiger partial charge is 0.490 e. The molecule has 1 aliphatic rings. The Hall–Kier alpha value is -3.16. The van der Waals surface area contributed by atoms with Gasteiger partial charge in [0.05, 0.1) is 20.8 Å². The van der Waals surface area contributed by atoms with Crippen LogP contribution in [0.1, 0.15) is 18.1 Å². The minimum absolute atomic E-state index is 0.101. The SMILES string of the molecule is CCOc1cc(/C=C2/SC(=O)N(CC(=O)Nc3ccc(F)cc3F)C2=O)cc(I)c1OCc1ccccc1Cl. The first-order valence-corrected chi connectivity index (χ1v) is 13.8. The maximum Gasteiger partial charge on any atom is 0.294 e. The number of thioether (sulfide) groups is 1.